The van der Waals surface area contributed by atoms with Crippen LogP contribution in [-0.4, -0.2) is 28.3 Å². The molecule has 1 aromatic heterocycles. The minimum Gasteiger partial charge on any atom is -0.462 e. The summed E-state index contributed by atoms with van der Waals surface area (Å²) in [5, 5.41) is 7.07. The van der Waals surface area contributed by atoms with Crippen LogP contribution in [0.5, 0.6) is 0 Å². The molecule has 0 aliphatic rings. The fourth-order valence-electron chi connectivity index (χ4n) is 2.56. The minimum atomic E-state index is -0.386. The highest BCUT2D eigenvalue weighted by molar-refractivity contribution is 6.03. The number of aromatic nitrogens is 2. The van der Waals surface area contributed by atoms with Gasteiger partial charge in [0, 0.05) is 12.7 Å². The van der Waals surface area contributed by atoms with Crippen LogP contribution in [0.15, 0.2) is 60.7 Å². The van der Waals surface area contributed by atoms with Crippen LogP contribution < -0.4 is 5.32 Å². The Morgan fingerprint density at radius 1 is 1.08 bits per heavy atom. The first-order chi connectivity index (χ1) is 12.6. The Balaban J connectivity index is 1.73. The molecular formula is C20H19N3O3. The highest BCUT2D eigenvalue weighted by Gasteiger charge is 2.14. The van der Waals surface area contributed by atoms with Crippen LogP contribution >= 0.6 is 0 Å². The molecule has 1 N–H and O–H groups in total. The van der Waals surface area contributed by atoms with E-state index in [1.807, 2.05) is 30.3 Å². The predicted molar refractivity (Wildman–Crippen MR) is 99.0 cm³/mol. The topological polar surface area (TPSA) is 73.2 Å². The Labute approximate surface area is 151 Å². The smallest absolute Gasteiger partial charge is 0.338 e. The third kappa shape index (κ3) is 3.80. The third-order valence-corrected chi connectivity index (χ3v) is 3.84. The van der Waals surface area contributed by atoms with Crippen LogP contribution in [0.2, 0.25) is 0 Å². The van der Waals surface area contributed by atoms with Crippen LogP contribution in [-0.2, 0) is 11.8 Å². The zero-order valence-corrected chi connectivity index (χ0v) is 14.6. The van der Waals surface area contributed by atoms with E-state index in [9.17, 15) is 9.59 Å². The number of anilines is 1. The molecule has 0 spiro atoms. The first-order valence-corrected chi connectivity index (χ1v) is 8.26. The van der Waals surface area contributed by atoms with E-state index in [-0.39, 0.29) is 11.9 Å². The zero-order chi connectivity index (χ0) is 18.5. The maximum absolute atomic E-state index is 12.5. The lowest BCUT2D eigenvalue weighted by Crippen LogP contribution is -2.13. The average molecular weight is 349 g/mol. The van der Waals surface area contributed by atoms with Gasteiger partial charge in [-0.15, -0.1) is 0 Å². The van der Waals surface area contributed by atoms with E-state index in [0.717, 1.165) is 11.3 Å². The van der Waals surface area contributed by atoms with Crippen LogP contribution in [0.1, 0.15) is 27.8 Å². The van der Waals surface area contributed by atoms with Crippen molar-refractivity contribution in [3.8, 4) is 11.3 Å². The SMILES string of the molecule is CCOC(=O)c1ccc(NC(=O)c2cc(-c3ccccc3)n(C)n2)cc1. The normalized spacial score (nSPS) is 10.4. The Morgan fingerprint density at radius 2 is 1.77 bits per heavy atom. The quantitative estimate of drug-likeness (QED) is 0.715. The minimum absolute atomic E-state index is 0.313. The van der Waals surface area contributed by atoms with Crippen LogP contribution in [0.25, 0.3) is 11.3 Å². The number of hydrogen-bond acceptors (Lipinski definition) is 4. The monoisotopic (exact) mass is 349 g/mol. The number of hydrogen-bond donors (Lipinski definition) is 1. The summed E-state index contributed by atoms with van der Waals surface area (Å²) in [6.07, 6.45) is 0. The molecule has 0 saturated carbocycles. The van der Waals surface area contributed by atoms with Crippen molar-refractivity contribution in [2.45, 2.75) is 6.92 Å². The summed E-state index contributed by atoms with van der Waals surface area (Å²) in [4.78, 5) is 24.1. The number of nitrogens with one attached hydrogen (secondary N) is 1. The van der Waals surface area contributed by atoms with Crippen LogP contribution in [0.3, 0.4) is 0 Å². The molecule has 0 unspecified atom stereocenters. The van der Waals surface area contributed by atoms with Gasteiger partial charge in [-0.1, -0.05) is 30.3 Å². The Morgan fingerprint density at radius 3 is 2.42 bits per heavy atom. The fourth-order valence-corrected chi connectivity index (χ4v) is 2.56. The van der Waals surface area contributed by atoms with Crippen molar-refractivity contribution in [3.63, 3.8) is 0 Å². The lowest BCUT2D eigenvalue weighted by atomic mass is 10.1. The molecule has 6 heteroatoms. The summed E-state index contributed by atoms with van der Waals surface area (Å²) in [6, 6.07) is 18.0. The van der Waals surface area contributed by atoms with Crippen molar-refractivity contribution in [1.82, 2.24) is 9.78 Å². The average Bonchev–Trinajstić information content (AvgIpc) is 3.05. The number of rotatable bonds is 5. The summed E-state index contributed by atoms with van der Waals surface area (Å²) in [5.74, 6) is -0.700. The molecule has 0 aliphatic heterocycles. The molecule has 0 atom stereocenters. The first-order valence-electron chi connectivity index (χ1n) is 8.26. The second kappa shape index (κ2) is 7.65. The number of ether oxygens (including phenoxy) is 1. The number of carbonyl (C=O) groups excluding carboxylic acids is 2. The van der Waals surface area contributed by atoms with Gasteiger partial charge in [-0.05, 0) is 42.8 Å². The Hall–Kier alpha value is -3.41. The molecule has 0 fully saturated rings. The van der Waals surface area contributed by atoms with Crippen molar-refractivity contribution < 1.29 is 14.3 Å². The molecule has 0 aliphatic carbocycles. The van der Waals surface area contributed by atoms with E-state index in [1.54, 1.807) is 49.0 Å². The van der Waals surface area contributed by atoms with Gasteiger partial charge < -0.3 is 10.1 Å². The van der Waals surface area contributed by atoms with E-state index < -0.39 is 0 Å². The molecule has 2 aromatic carbocycles. The van der Waals surface area contributed by atoms with Gasteiger partial charge in [0.05, 0.1) is 17.9 Å². The Kier molecular flexibility index (Phi) is 5.12. The summed E-state index contributed by atoms with van der Waals surface area (Å²) in [6.45, 7) is 2.07. The van der Waals surface area contributed by atoms with Gasteiger partial charge in [-0.3, -0.25) is 9.48 Å². The maximum atomic E-state index is 12.5. The molecular weight excluding hydrogens is 330 g/mol. The highest BCUT2D eigenvalue weighted by atomic mass is 16.5. The van der Waals surface area contributed by atoms with Gasteiger partial charge in [-0.25, -0.2) is 4.79 Å². The number of esters is 1. The number of aryl methyl sites for hydroxylation is 1. The summed E-state index contributed by atoms with van der Waals surface area (Å²) in [7, 11) is 1.80. The largest absolute Gasteiger partial charge is 0.462 e. The summed E-state index contributed by atoms with van der Waals surface area (Å²) >= 11 is 0. The van der Waals surface area contributed by atoms with Crippen LogP contribution in [0.4, 0.5) is 5.69 Å². The van der Waals surface area contributed by atoms with Gasteiger partial charge in [0.25, 0.3) is 5.91 Å². The third-order valence-electron chi connectivity index (χ3n) is 3.84. The molecule has 6 nitrogen and oxygen atoms in total. The molecule has 0 saturated heterocycles. The first kappa shape index (κ1) is 17.4. The van der Waals surface area contributed by atoms with E-state index in [1.165, 1.54) is 0 Å². The van der Waals surface area contributed by atoms with Gasteiger partial charge in [0.1, 0.15) is 0 Å². The standard InChI is InChI=1S/C20H19N3O3/c1-3-26-20(25)15-9-11-16(12-10-15)21-19(24)17-13-18(23(2)22-17)14-7-5-4-6-8-14/h4-13H,3H2,1-2H3,(H,21,24). The van der Waals surface area contributed by atoms with Gasteiger partial charge in [-0.2, -0.15) is 5.10 Å². The number of nitrogens with zero attached hydrogens (tertiary/aromatic N) is 2. The van der Waals surface area contributed by atoms with E-state index in [4.69, 9.17) is 4.74 Å². The van der Waals surface area contributed by atoms with Crippen LogP contribution in [0, 0.1) is 0 Å². The molecule has 0 radical (unpaired) electrons. The van der Waals surface area contributed by atoms with Crippen molar-refractivity contribution in [3.05, 3.63) is 71.9 Å². The second-order valence-electron chi connectivity index (χ2n) is 5.66. The number of benzene rings is 2. The summed E-state index contributed by atoms with van der Waals surface area (Å²) in [5.41, 5.74) is 3.18. The number of carbonyl (C=O) groups is 2. The van der Waals surface area contributed by atoms with Gasteiger partial charge >= 0.3 is 5.97 Å². The Bertz CT molecular complexity index is 915. The molecule has 3 rings (SSSR count). The zero-order valence-electron chi connectivity index (χ0n) is 14.6. The lowest BCUT2D eigenvalue weighted by molar-refractivity contribution is 0.0526. The molecule has 1 amide bonds. The van der Waals surface area contributed by atoms with Crippen molar-refractivity contribution >= 4 is 17.6 Å². The van der Waals surface area contributed by atoms with Gasteiger partial charge in [0.15, 0.2) is 5.69 Å². The number of amides is 1. The lowest BCUT2D eigenvalue weighted by Gasteiger charge is -2.05. The van der Waals surface area contributed by atoms with E-state index in [0.29, 0.717) is 23.6 Å². The second-order valence-corrected chi connectivity index (χ2v) is 5.66. The van der Waals surface area contributed by atoms with Crippen molar-refractivity contribution in [2.24, 2.45) is 7.05 Å². The van der Waals surface area contributed by atoms with E-state index >= 15 is 0 Å². The fraction of sp³-hybridized carbons (Fsp3) is 0.150. The van der Waals surface area contributed by atoms with Gasteiger partial charge in [0.2, 0.25) is 0 Å². The highest BCUT2D eigenvalue weighted by Crippen LogP contribution is 2.20. The predicted octanol–water partition coefficient (Wildman–Crippen LogP) is 3.52. The molecule has 132 valence electrons. The van der Waals surface area contributed by atoms with E-state index in [2.05, 4.69) is 10.4 Å². The maximum Gasteiger partial charge on any atom is 0.338 e. The van der Waals surface area contributed by atoms with Crippen molar-refractivity contribution in [2.75, 3.05) is 11.9 Å². The molecule has 0 bridgehead atoms. The van der Waals surface area contributed by atoms with Crippen molar-refractivity contribution in [1.29, 1.82) is 0 Å². The molecule has 3 aromatic rings. The molecule has 1 heterocycles. The molecule has 26 heavy (non-hydrogen) atoms. The summed E-state index contributed by atoms with van der Waals surface area (Å²) < 4.78 is 6.61.